The summed E-state index contributed by atoms with van der Waals surface area (Å²) in [6, 6.07) is 4.43. The van der Waals surface area contributed by atoms with Crippen molar-refractivity contribution in [2.45, 2.75) is 39.7 Å². The van der Waals surface area contributed by atoms with Crippen molar-refractivity contribution in [3.05, 3.63) is 39.4 Å². The van der Waals surface area contributed by atoms with Crippen LogP contribution in [0.15, 0.2) is 12.1 Å². The van der Waals surface area contributed by atoms with E-state index in [0.29, 0.717) is 0 Å². The van der Waals surface area contributed by atoms with Crippen molar-refractivity contribution in [1.82, 2.24) is 14.9 Å². The third kappa shape index (κ3) is 3.24. The van der Waals surface area contributed by atoms with Gasteiger partial charge in [-0.3, -0.25) is 0 Å². The number of nitrogens with one attached hydrogen (secondary N) is 1. The quantitative estimate of drug-likeness (QED) is 0.888. The predicted molar refractivity (Wildman–Crippen MR) is 87.3 cm³/mol. The van der Waals surface area contributed by atoms with Gasteiger partial charge in [-0.25, -0.2) is 0 Å². The minimum Gasteiger partial charge on any atom is -0.496 e. The Bertz CT molecular complexity index is 610. The van der Waals surface area contributed by atoms with E-state index < -0.39 is 0 Å². The smallest absolute Gasteiger partial charge is 0.122 e. The first-order valence-corrected chi connectivity index (χ1v) is 8.03. The molecular weight excluding hydrogens is 282 g/mol. The Hall–Kier alpha value is -1.46. The van der Waals surface area contributed by atoms with Crippen molar-refractivity contribution in [1.29, 1.82) is 0 Å². The van der Waals surface area contributed by atoms with Gasteiger partial charge in [0.15, 0.2) is 0 Å². The maximum atomic E-state index is 5.40. The van der Waals surface area contributed by atoms with Crippen LogP contribution in [0.4, 0.5) is 0 Å². The lowest BCUT2D eigenvalue weighted by atomic mass is 9.96. The van der Waals surface area contributed by atoms with Crippen LogP contribution < -0.4 is 10.1 Å². The van der Waals surface area contributed by atoms with Gasteiger partial charge in [0.2, 0.25) is 0 Å². The average molecular weight is 305 g/mol. The van der Waals surface area contributed by atoms with Crippen molar-refractivity contribution in [2.24, 2.45) is 0 Å². The van der Waals surface area contributed by atoms with E-state index >= 15 is 0 Å². The van der Waals surface area contributed by atoms with E-state index in [2.05, 4.69) is 47.8 Å². The first-order valence-electron chi connectivity index (χ1n) is 7.25. The van der Waals surface area contributed by atoms with Gasteiger partial charge in [-0.1, -0.05) is 23.9 Å². The van der Waals surface area contributed by atoms with Crippen LogP contribution in [-0.4, -0.2) is 23.7 Å². The first-order chi connectivity index (χ1) is 10.1. The molecule has 1 aromatic heterocycles. The number of aryl methyl sites for hydroxylation is 3. The molecule has 21 heavy (non-hydrogen) atoms. The minimum absolute atomic E-state index is 0.135. The zero-order valence-electron chi connectivity index (χ0n) is 13.4. The van der Waals surface area contributed by atoms with Gasteiger partial charge < -0.3 is 10.1 Å². The summed E-state index contributed by atoms with van der Waals surface area (Å²) in [7, 11) is 3.70. The van der Waals surface area contributed by atoms with Crippen molar-refractivity contribution in [3.8, 4) is 5.75 Å². The van der Waals surface area contributed by atoms with Gasteiger partial charge in [0.25, 0.3) is 0 Å². The SMILES string of the molecule is CCCc1nnsc1C(NC)c1cc(C)c(OC)cc1C. The predicted octanol–water partition coefficient (Wildman–Crippen LogP) is 3.42. The molecule has 0 bridgehead atoms. The molecule has 0 fully saturated rings. The van der Waals surface area contributed by atoms with Crippen molar-refractivity contribution in [2.75, 3.05) is 14.2 Å². The van der Waals surface area contributed by atoms with Gasteiger partial charge in [0.05, 0.1) is 23.7 Å². The van der Waals surface area contributed by atoms with Crippen LogP contribution in [0.1, 0.15) is 46.6 Å². The molecule has 1 heterocycles. The number of hydrogen-bond donors (Lipinski definition) is 1. The molecule has 1 aromatic carbocycles. The Morgan fingerprint density at radius 2 is 2.05 bits per heavy atom. The fourth-order valence-corrected chi connectivity index (χ4v) is 3.44. The summed E-state index contributed by atoms with van der Waals surface area (Å²) in [4.78, 5) is 1.21. The molecule has 0 saturated carbocycles. The third-order valence-corrected chi connectivity index (χ3v) is 4.55. The van der Waals surface area contributed by atoms with Crippen LogP contribution in [0.2, 0.25) is 0 Å². The Balaban J connectivity index is 2.46. The topological polar surface area (TPSA) is 47.0 Å². The summed E-state index contributed by atoms with van der Waals surface area (Å²) in [5, 5.41) is 7.70. The highest BCUT2D eigenvalue weighted by Crippen LogP contribution is 2.32. The molecule has 1 unspecified atom stereocenters. The Morgan fingerprint density at radius 1 is 1.29 bits per heavy atom. The Labute approximate surface area is 130 Å². The lowest BCUT2D eigenvalue weighted by molar-refractivity contribution is 0.411. The summed E-state index contributed by atoms with van der Waals surface area (Å²) < 4.78 is 9.55. The molecule has 4 nitrogen and oxygen atoms in total. The normalized spacial score (nSPS) is 12.4. The van der Waals surface area contributed by atoms with Gasteiger partial charge in [-0.2, -0.15) is 0 Å². The number of ether oxygens (including phenoxy) is 1. The molecule has 2 aromatic rings. The van der Waals surface area contributed by atoms with Crippen LogP contribution >= 0.6 is 11.5 Å². The monoisotopic (exact) mass is 305 g/mol. The number of rotatable bonds is 6. The molecule has 0 radical (unpaired) electrons. The maximum Gasteiger partial charge on any atom is 0.122 e. The van der Waals surface area contributed by atoms with Crippen molar-refractivity contribution >= 4 is 11.5 Å². The number of hydrogen-bond acceptors (Lipinski definition) is 5. The number of nitrogens with zero attached hydrogens (tertiary/aromatic N) is 2. The second-order valence-electron chi connectivity index (χ2n) is 5.23. The summed E-state index contributed by atoms with van der Waals surface area (Å²) in [5.74, 6) is 0.933. The standard InChI is InChI=1S/C16H23N3OS/c1-6-7-13-16(21-19-18-13)15(17-4)12-8-11(3)14(20-5)9-10(12)2/h8-9,15,17H,6-7H2,1-5H3. The van der Waals surface area contributed by atoms with Crippen molar-refractivity contribution in [3.63, 3.8) is 0 Å². The maximum absolute atomic E-state index is 5.40. The molecule has 1 atom stereocenters. The molecule has 2 rings (SSSR count). The zero-order chi connectivity index (χ0) is 15.4. The van der Waals surface area contributed by atoms with Gasteiger partial charge in [0.1, 0.15) is 5.75 Å². The summed E-state index contributed by atoms with van der Waals surface area (Å²) in [6.07, 6.45) is 2.05. The molecule has 0 amide bonds. The third-order valence-electron chi connectivity index (χ3n) is 3.72. The van der Waals surface area contributed by atoms with E-state index in [1.165, 1.54) is 27.5 Å². The Kier molecular flexibility index (Phi) is 5.31. The second kappa shape index (κ2) is 7.00. The molecule has 5 heteroatoms. The zero-order valence-corrected chi connectivity index (χ0v) is 14.2. The summed E-state index contributed by atoms with van der Waals surface area (Å²) in [5.41, 5.74) is 4.73. The highest BCUT2D eigenvalue weighted by Gasteiger charge is 2.21. The number of benzene rings is 1. The second-order valence-corrected chi connectivity index (χ2v) is 6.02. The van der Waals surface area contributed by atoms with Gasteiger partial charge >= 0.3 is 0 Å². The molecule has 0 aliphatic carbocycles. The average Bonchev–Trinajstić information content (AvgIpc) is 2.92. The largest absolute Gasteiger partial charge is 0.496 e. The van der Waals surface area contributed by atoms with E-state index in [4.69, 9.17) is 4.74 Å². The van der Waals surface area contributed by atoms with Crippen LogP contribution in [0.5, 0.6) is 5.75 Å². The lowest BCUT2D eigenvalue weighted by Gasteiger charge is -2.20. The fourth-order valence-electron chi connectivity index (χ4n) is 2.62. The summed E-state index contributed by atoms with van der Waals surface area (Å²) >= 11 is 1.49. The highest BCUT2D eigenvalue weighted by atomic mass is 32.1. The Morgan fingerprint density at radius 3 is 2.67 bits per heavy atom. The molecule has 0 aliphatic heterocycles. The van der Waals surface area contributed by atoms with E-state index in [0.717, 1.165) is 29.8 Å². The first kappa shape index (κ1) is 15.9. The highest BCUT2D eigenvalue weighted by molar-refractivity contribution is 7.05. The van der Waals surface area contributed by atoms with Crippen molar-refractivity contribution < 1.29 is 4.74 Å². The van der Waals surface area contributed by atoms with Gasteiger partial charge in [0, 0.05) is 0 Å². The molecule has 0 saturated heterocycles. The van der Waals surface area contributed by atoms with Gasteiger partial charge in [-0.05, 0) is 61.6 Å². The van der Waals surface area contributed by atoms with Crippen LogP contribution in [0.25, 0.3) is 0 Å². The number of methoxy groups -OCH3 is 1. The molecule has 0 aliphatic rings. The van der Waals surface area contributed by atoms with Crippen LogP contribution in [0, 0.1) is 13.8 Å². The van der Waals surface area contributed by atoms with E-state index in [-0.39, 0.29) is 6.04 Å². The number of aromatic nitrogens is 2. The molecule has 0 spiro atoms. The molecule has 114 valence electrons. The fraction of sp³-hybridized carbons (Fsp3) is 0.500. The molecule has 1 N–H and O–H groups in total. The minimum atomic E-state index is 0.135. The van der Waals surface area contributed by atoms with E-state index in [1.54, 1.807) is 7.11 Å². The van der Waals surface area contributed by atoms with Crippen LogP contribution in [0.3, 0.4) is 0 Å². The van der Waals surface area contributed by atoms with Crippen LogP contribution in [-0.2, 0) is 6.42 Å². The van der Waals surface area contributed by atoms with Gasteiger partial charge in [-0.15, -0.1) is 5.10 Å². The molecular formula is C16H23N3OS. The summed E-state index contributed by atoms with van der Waals surface area (Å²) in [6.45, 7) is 6.36. The van der Waals surface area contributed by atoms with E-state index in [1.807, 2.05) is 7.05 Å². The lowest BCUT2D eigenvalue weighted by Crippen LogP contribution is -2.19. The van der Waals surface area contributed by atoms with E-state index in [9.17, 15) is 0 Å².